The van der Waals surface area contributed by atoms with E-state index in [2.05, 4.69) is 45.0 Å². The average molecular weight is 231 g/mol. The van der Waals surface area contributed by atoms with Crippen LogP contribution in [0.2, 0.25) is 0 Å². The molecule has 1 nitrogen and oxygen atoms in total. The fourth-order valence-corrected chi connectivity index (χ4v) is 3.07. The van der Waals surface area contributed by atoms with Crippen molar-refractivity contribution in [2.45, 2.75) is 52.0 Å². The molecule has 0 saturated heterocycles. The smallest absolute Gasteiger partial charge is 0.0412 e. The predicted octanol–water partition coefficient (Wildman–Crippen LogP) is 3.86. The molecule has 17 heavy (non-hydrogen) atoms. The molecule has 0 spiro atoms. The molecule has 2 rings (SSSR count). The van der Waals surface area contributed by atoms with E-state index in [0.29, 0.717) is 5.92 Å². The molecular formula is C16H25N. The molecular weight excluding hydrogens is 206 g/mol. The summed E-state index contributed by atoms with van der Waals surface area (Å²) < 4.78 is 0. The Hall–Kier alpha value is -0.820. The van der Waals surface area contributed by atoms with Crippen LogP contribution in [0.15, 0.2) is 24.3 Å². The first-order chi connectivity index (χ1) is 7.99. The third-order valence-electron chi connectivity index (χ3n) is 3.94. The third kappa shape index (κ3) is 2.90. The molecule has 0 radical (unpaired) electrons. The van der Waals surface area contributed by atoms with Gasteiger partial charge in [-0.25, -0.2) is 0 Å². The highest BCUT2D eigenvalue weighted by atomic mass is 14.8. The molecule has 94 valence electrons. The van der Waals surface area contributed by atoms with Gasteiger partial charge in [-0.05, 0) is 48.6 Å². The van der Waals surface area contributed by atoms with Gasteiger partial charge in [0.25, 0.3) is 0 Å². The predicted molar refractivity (Wildman–Crippen MR) is 73.9 cm³/mol. The Morgan fingerprint density at radius 1 is 1.41 bits per heavy atom. The molecule has 1 aliphatic carbocycles. The molecule has 0 aliphatic heterocycles. The van der Waals surface area contributed by atoms with Crippen LogP contribution in [0.4, 0.5) is 0 Å². The van der Waals surface area contributed by atoms with E-state index in [1.807, 2.05) is 0 Å². The second-order valence-corrected chi connectivity index (χ2v) is 6.30. The standard InChI is InChI=1S/C16H25N/c1-12(2)9-14-5-4-6-15(10-14)16(17)8-7-13(3)11-16/h4-6,10,12-13H,7-9,11,17H2,1-3H3. The Bertz CT molecular complexity index is 383. The Kier molecular flexibility index (Phi) is 3.58. The first-order valence-electron chi connectivity index (χ1n) is 6.88. The normalized spacial score (nSPS) is 28.9. The fraction of sp³-hybridized carbons (Fsp3) is 0.625. The lowest BCUT2D eigenvalue weighted by atomic mass is 9.86. The van der Waals surface area contributed by atoms with Crippen molar-refractivity contribution in [3.63, 3.8) is 0 Å². The summed E-state index contributed by atoms with van der Waals surface area (Å²) >= 11 is 0. The van der Waals surface area contributed by atoms with Gasteiger partial charge in [-0.1, -0.05) is 45.0 Å². The van der Waals surface area contributed by atoms with Crippen LogP contribution in [0.3, 0.4) is 0 Å². The van der Waals surface area contributed by atoms with Gasteiger partial charge in [0, 0.05) is 5.54 Å². The van der Waals surface area contributed by atoms with E-state index < -0.39 is 0 Å². The topological polar surface area (TPSA) is 26.0 Å². The zero-order chi connectivity index (χ0) is 12.5. The minimum Gasteiger partial charge on any atom is -0.321 e. The molecule has 2 atom stereocenters. The van der Waals surface area contributed by atoms with Gasteiger partial charge in [-0.2, -0.15) is 0 Å². The SMILES string of the molecule is CC(C)Cc1cccc(C2(N)CCC(C)C2)c1. The molecule has 0 heterocycles. The summed E-state index contributed by atoms with van der Waals surface area (Å²) in [7, 11) is 0. The Balaban J connectivity index is 2.21. The largest absolute Gasteiger partial charge is 0.321 e. The molecule has 0 aromatic heterocycles. The number of hydrogen-bond donors (Lipinski definition) is 1. The van der Waals surface area contributed by atoms with E-state index in [4.69, 9.17) is 5.73 Å². The summed E-state index contributed by atoms with van der Waals surface area (Å²) in [5.41, 5.74) is 9.29. The quantitative estimate of drug-likeness (QED) is 0.840. The second-order valence-electron chi connectivity index (χ2n) is 6.30. The summed E-state index contributed by atoms with van der Waals surface area (Å²) in [4.78, 5) is 0. The number of rotatable bonds is 3. The summed E-state index contributed by atoms with van der Waals surface area (Å²) in [5.74, 6) is 1.48. The van der Waals surface area contributed by atoms with Crippen molar-refractivity contribution < 1.29 is 0 Å². The number of benzene rings is 1. The molecule has 1 heteroatoms. The van der Waals surface area contributed by atoms with Gasteiger partial charge < -0.3 is 5.73 Å². The van der Waals surface area contributed by atoms with E-state index in [-0.39, 0.29) is 5.54 Å². The van der Waals surface area contributed by atoms with Gasteiger partial charge in [0.1, 0.15) is 0 Å². The monoisotopic (exact) mass is 231 g/mol. The van der Waals surface area contributed by atoms with Gasteiger partial charge in [0.15, 0.2) is 0 Å². The number of hydrogen-bond acceptors (Lipinski definition) is 1. The molecule has 2 unspecified atom stereocenters. The third-order valence-corrected chi connectivity index (χ3v) is 3.94. The summed E-state index contributed by atoms with van der Waals surface area (Å²) in [5, 5.41) is 0. The zero-order valence-electron chi connectivity index (χ0n) is 11.4. The van der Waals surface area contributed by atoms with Crippen molar-refractivity contribution >= 4 is 0 Å². The van der Waals surface area contributed by atoms with Crippen LogP contribution >= 0.6 is 0 Å². The van der Waals surface area contributed by atoms with E-state index >= 15 is 0 Å². The Morgan fingerprint density at radius 2 is 2.18 bits per heavy atom. The molecule has 1 saturated carbocycles. The van der Waals surface area contributed by atoms with Gasteiger partial charge >= 0.3 is 0 Å². The zero-order valence-corrected chi connectivity index (χ0v) is 11.4. The lowest BCUT2D eigenvalue weighted by Gasteiger charge is -2.25. The highest BCUT2D eigenvalue weighted by molar-refractivity contribution is 5.30. The van der Waals surface area contributed by atoms with Crippen LogP contribution in [-0.4, -0.2) is 0 Å². The average Bonchev–Trinajstić information content (AvgIpc) is 2.59. The molecule has 1 aliphatic rings. The van der Waals surface area contributed by atoms with Gasteiger partial charge in [0.05, 0.1) is 0 Å². The van der Waals surface area contributed by atoms with Crippen LogP contribution in [-0.2, 0) is 12.0 Å². The van der Waals surface area contributed by atoms with Crippen molar-refractivity contribution in [2.75, 3.05) is 0 Å². The maximum atomic E-state index is 6.57. The fourth-order valence-electron chi connectivity index (χ4n) is 3.07. The maximum Gasteiger partial charge on any atom is 0.0412 e. The van der Waals surface area contributed by atoms with E-state index in [9.17, 15) is 0 Å². The van der Waals surface area contributed by atoms with Crippen LogP contribution in [0.5, 0.6) is 0 Å². The minimum absolute atomic E-state index is 0.0631. The summed E-state index contributed by atoms with van der Waals surface area (Å²) in [6.45, 7) is 6.84. The minimum atomic E-state index is -0.0631. The first kappa shape index (κ1) is 12.6. The van der Waals surface area contributed by atoms with Crippen molar-refractivity contribution in [3.05, 3.63) is 35.4 Å². The van der Waals surface area contributed by atoms with Crippen LogP contribution < -0.4 is 5.73 Å². The van der Waals surface area contributed by atoms with Crippen LogP contribution in [0.1, 0.15) is 51.2 Å². The van der Waals surface area contributed by atoms with Gasteiger partial charge in [0.2, 0.25) is 0 Å². The molecule has 1 aromatic carbocycles. The van der Waals surface area contributed by atoms with Crippen LogP contribution in [0.25, 0.3) is 0 Å². The van der Waals surface area contributed by atoms with Crippen LogP contribution in [0, 0.1) is 11.8 Å². The van der Waals surface area contributed by atoms with Crippen molar-refractivity contribution in [2.24, 2.45) is 17.6 Å². The molecule has 1 aromatic rings. The molecule has 2 N–H and O–H groups in total. The lowest BCUT2D eigenvalue weighted by molar-refractivity contribution is 0.440. The van der Waals surface area contributed by atoms with E-state index in [1.165, 1.54) is 17.5 Å². The van der Waals surface area contributed by atoms with E-state index in [1.54, 1.807) is 0 Å². The van der Waals surface area contributed by atoms with Crippen molar-refractivity contribution in [1.29, 1.82) is 0 Å². The maximum absolute atomic E-state index is 6.57. The van der Waals surface area contributed by atoms with Crippen molar-refractivity contribution in [3.8, 4) is 0 Å². The Labute approximate surface area is 105 Å². The van der Waals surface area contributed by atoms with Crippen molar-refractivity contribution in [1.82, 2.24) is 0 Å². The lowest BCUT2D eigenvalue weighted by Crippen LogP contribution is -2.33. The van der Waals surface area contributed by atoms with Gasteiger partial charge in [-0.3, -0.25) is 0 Å². The second kappa shape index (κ2) is 4.81. The molecule has 0 amide bonds. The number of nitrogens with two attached hydrogens (primary N) is 1. The van der Waals surface area contributed by atoms with Gasteiger partial charge in [-0.15, -0.1) is 0 Å². The first-order valence-corrected chi connectivity index (χ1v) is 6.88. The van der Waals surface area contributed by atoms with E-state index in [0.717, 1.165) is 25.2 Å². The molecule has 0 bridgehead atoms. The summed E-state index contributed by atoms with van der Waals surface area (Å²) in [6.07, 6.45) is 4.70. The highest BCUT2D eigenvalue weighted by Crippen LogP contribution is 2.40. The summed E-state index contributed by atoms with van der Waals surface area (Å²) in [6, 6.07) is 8.94. The Morgan fingerprint density at radius 3 is 2.76 bits per heavy atom. The highest BCUT2D eigenvalue weighted by Gasteiger charge is 2.35. The molecule has 1 fully saturated rings.